The molecule has 6 heteroatoms. The molecule has 0 aliphatic rings. The maximum absolute atomic E-state index is 12.8. The summed E-state index contributed by atoms with van der Waals surface area (Å²) in [4.78, 5) is 2.21. The van der Waals surface area contributed by atoms with E-state index < -0.39 is 10.0 Å². The van der Waals surface area contributed by atoms with Gasteiger partial charge in [-0.1, -0.05) is 36.4 Å². The monoisotopic (exact) mass is 380 g/mol. The van der Waals surface area contributed by atoms with E-state index >= 15 is 0 Å². The Morgan fingerprint density at radius 1 is 0.815 bits per heavy atom. The van der Waals surface area contributed by atoms with Crippen LogP contribution in [0.4, 0.5) is 11.4 Å². The maximum atomic E-state index is 12.8. The highest BCUT2D eigenvalue weighted by atomic mass is 32.2. The molecule has 27 heavy (non-hydrogen) atoms. The van der Waals surface area contributed by atoms with E-state index in [1.165, 1.54) is 0 Å². The molecule has 0 saturated heterocycles. The van der Waals surface area contributed by atoms with Crippen molar-refractivity contribution in [2.75, 3.05) is 24.3 Å². The van der Waals surface area contributed by atoms with Gasteiger partial charge in [0.1, 0.15) is 10.6 Å². The lowest BCUT2D eigenvalue weighted by molar-refractivity contribution is -0.266. The second-order valence-electron chi connectivity index (χ2n) is 6.23. The predicted octanol–water partition coefficient (Wildman–Crippen LogP) is 2.08. The van der Waals surface area contributed by atoms with Crippen LogP contribution in [0.5, 0.6) is 0 Å². The van der Waals surface area contributed by atoms with Crippen LogP contribution in [0.25, 0.3) is 0 Å². The Labute approximate surface area is 160 Å². The van der Waals surface area contributed by atoms with E-state index in [1.54, 1.807) is 30.3 Å². The highest BCUT2D eigenvalue weighted by molar-refractivity contribution is 7.84. The summed E-state index contributed by atoms with van der Waals surface area (Å²) in [7, 11) is 0.233. The molecule has 0 radical (unpaired) electrons. The number of nitrogens with one attached hydrogen (secondary N) is 2. The van der Waals surface area contributed by atoms with Crippen LogP contribution < -0.4 is 14.6 Å². The summed E-state index contributed by atoms with van der Waals surface area (Å²) in [5, 5.41) is 3.20. The molecule has 0 saturated carbocycles. The third-order valence-corrected chi connectivity index (χ3v) is 5.37. The van der Waals surface area contributed by atoms with Crippen molar-refractivity contribution >= 4 is 27.2 Å². The summed E-state index contributed by atoms with van der Waals surface area (Å²) in [6.07, 6.45) is 0. The molecule has 5 nitrogen and oxygen atoms in total. The topological polar surface area (TPSA) is 63.4 Å². The van der Waals surface area contributed by atoms with E-state index in [9.17, 15) is 8.42 Å². The second kappa shape index (κ2) is 8.05. The predicted molar refractivity (Wildman–Crippen MR) is 110 cm³/mol. The fourth-order valence-corrected chi connectivity index (χ4v) is 3.61. The minimum absolute atomic E-state index is 0.211. The number of rotatable bonds is 5. The van der Waals surface area contributed by atoms with Gasteiger partial charge in [-0.15, -0.1) is 0 Å². The number of anilines is 2. The largest absolute Gasteiger partial charge is 0.378 e. The van der Waals surface area contributed by atoms with E-state index in [-0.39, 0.29) is 4.90 Å². The van der Waals surface area contributed by atoms with E-state index in [0.29, 0.717) is 5.84 Å². The number of benzene rings is 3. The summed E-state index contributed by atoms with van der Waals surface area (Å²) in [5.41, 5.74) is 2.59. The minimum Gasteiger partial charge on any atom is -0.378 e. The van der Waals surface area contributed by atoms with Gasteiger partial charge in [0, 0.05) is 19.8 Å². The van der Waals surface area contributed by atoms with Crippen LogP contribution in [-0.4, -0.2) is 28.3 Å². The average Bonchev–Trinajstić information content (AvgIpc) is 2.69. The van der Waals surface area contributed by atoms with Crippen LogP contribution in [0.15, 0.2) is 89.8 Å². The van der Waals surface area contributed by atoms with Crippen molar-refractivity contribution in [1.29, 1.82) is 0 Å². The molecular formula is C21H22N3O2S+. The number of hydrogen-bond donors (Lipinski definition) is 2. The Balaban J connectivity index is 1.99. The maximum Gasteiger partial charge on any atom is 0.328 e. The van der Waals surface area contributed by atoms with Gasteiger partial charge in [-0.25, -0.2) is 5.32 Å². The molecule has 0 heterocycles. The zero-order valence-electron chi connectivity index (χ0n) is 15.3. The van der Waals surface area contributed by atoms with Crippen molar-refractivity contribution in [1.82, 2.24) is 0 Å². The van der Waals surface area contributed by atoms with E-state index in [4.69, 9.17) is 0 Å². The van der Waals surface area contributed by atoms with E-state index in [0.717, 1.165) is 16.9 Å². The van der Waals surface area contributed by atoms with Crippen molar-refractivity contribution < 1.29 is 12.8 Å². The fourth-order valence-electron chi connectivity index (χ4n) is 2.54. The zero-order valence-corrected chi connectivity index (χ0v) is 16.1. The van der Waals surface area contributed by atoms with Gasteiger partial charge in [0.2, 0.25) is 0 Å². The highest BCUT2D eigenvalue weighted by Gasteiger charge is 2.20. The zero-order chi connectivity index (χ0) is 19.3. The number of nitrogens with zero attached hydrogens (tertiary/aromatic N) is 1. The third kappa shape index (κ3) is 4.74. The lowest BCUT2D eigenvalue weighted by atomic mass is 10.2. The van der Waals surface area contributed by atoms with Crippen molar-refractivity contribution in [2.24, 2.45) is 0 Å². The first-order valence-corrected chi connectivity index (χ1v) is 9.99. The molecule has 0 fully saturated rings. The molecule has 0 unspecified atom stereocenters. The number of amidine groups is 1. The molecule has 3 aromatic rings. The molecule has 0 aliphatic carbocycles. The molecule has 3 rings (SSSR count). The standard InChI is InChI=1S/C21H21N3O2S/c1-24(2)19-15-13-18(14-16-19)22-21(17-9-5-3-6-10-17)23-27(25,26)20-11-7-4-8-12-20/h3-16H,1-2H3,(H,22,23)/p+1. The van der Waals surface area contributed by atoms with Crippen LogP contribution in [0, 0.1) is 0 Å². The Kier molecular flexibility index (Phi) is 5.57. The molecule has 138 valence electrons. The smallest absolute Gasteiger partial charge is 0.328 e. The average molecular weight is 380 g/mol. The molecule has 0 aliphatic heterocycles. The molecule has 2 N–H and O–H groups in total. The van der Waals surface area contributed by atoms with Gasteiger partial charge in [0.25, 0.3) is 5.84 Å². The fraction of sp³-hybridized carbons (Fsp3) is 0.0952. The first-order valence-electron chi connectivity index (χ1n) is 8.50. The van der Waals surface area contributed by atoms with Crippen LogP contribution in [0.1, 0.15) is 5.56 Å². The van der Waals surface area contributed by atoms with Crippen molar-refractivity contribution in [3.05, 3.63) is 90.5 Å². The Morgan fingerprint density at radius 2 is 1.37 bits per heavy atom. The van der Waals surface area contributed by atoms with Crippen molar-refractivity contribution in [3.63, 3.8) is 0 Å². The SMILES string of the molecule is CN(C)c1ccc(NC(=[NH+]S(=O)(=O)c2ccccc2)c2ccccc2)cc1. The van der Waals surface area contributed by atoms with Crippen molar-refractivity contribution in [3.8, 4) is 0 Å². The lowest BCUT2D eigenvalue weighted by Crippen LogP contribution is -2.78. The van der Waals surface area contributed by atoms with Crippen molar-refractivity contribution in [2.45, 2.75) is 4.90 Å². The Bertz CT molecular complexity index is 1010. The van der Waals surface area contributed by atoms with Gasteiger partial charge in [0.15, 0.2) is 0 Å². The summed E-state index contributed by atoms with van der Waals surface area (Å²) in [6, 6.07) is 25.4. The van der Waals surface area contributed by atoms with Gasteiger partial charge in [-0.05, 0) is 48.5 Å². The minimum atomic E-state index is -3.71. The molecule has 0 aromatic heterocycles. The summed E-state index contributed by atoms with van der Waals surface area (Å²) < 4.78 is 28.2. The molecule has 0 spiro atoms. The van der Waals surface area contributed by atoms with Crippen LogP contribution in [-0.2, 0) is 10.0 Å². The van der Waals surface area contributed by atoms with Crippen LogP contribution in [0.2, 0.25) is 0 Å². The van der Waals surface area contributed by atoms with Gasteiger partial charge >= 0.3 is 10.0 Å². The molecule has 0 atom stereocenters. The van der Waals surface area contributed by atoms with Crippen LogP contribution >= 0.6 is 0 Å². The molecular weight excluding hydrogens is 358 g/mol. The second-order valence-corrected chi connectivity index (χ2v) is 7.91. The first kappa shape index (κ1) is 18.7. The van der Waals surface area contributed by atoms with E-state index in [1.807, 2.05) is 73.6 Å². The van der Waals surface area contributed by atoms with Gasteiger partial charge in [0.05, 0.1) is 5.56 Å². The Hall–Kier alpha value is -3.12. The quantitative estimate of drug-likeness (QED) is 0.526. The normalized spacial score (nSPS) is 11.9. The molecule has 0 amide bonds. The number of hydrogen-bond acceptors (Lipinski definition) is 3. The molecule has 0 bridgehead atoms. The number of sulfonamides is 1. The molecule has 3 aromatic carbocycles. The van der Waals surface area contributed by atoms with E-state index in [2.05, 4.69) is 9.71 Å². The summed E-state index contributed by atoms with van der Waals surface area (Å²) in [6.45, 7) is 0. The summed E-state index contributed by atoms with van der Waals surface area (Å²) >= 11 is 0. The first-order chi connectivity index (χ1) is 13.0. The summed E-state index contributed by atoms with van der Waals surface area (Å²) in [5.74, 6) is 0.400. The Morgan fingerprint density at radius 3 is 1.93 bits per heavy atom. The lowest BCUT2D eigenvalue weighted by Gasteiger charge is -2.12. The van der Waals surface area contributed by atoms with Gasteiger partial charge in [-0.2, -0.15) is 12.8 Å². The van der Waals surface area contributed by atoms with Gasteiger partial charge < -0.3 is 4.90 Å². The van der Waals surface area contributed by atoms with Crippen LogP contribution in [0.3, 0.4) is 0 Å². The van der Waals surface area contributed by atoms with Gasteiger partial charge in [-0.3, -0.25) is 0 Å². The highest BCUT2D eigenvalue weighted by Crippen LogP contribution is 2.16. The third-order valence-electron chi connectivity index (χ3n) is 4.01.